The highest BCUT2D eigenvalue weighted by Crippen LogP contribution is 2.23. The molecule has 0 aliphatic carbocycles. The fourth-order valence-corrected chi connectivity index (χ4v) is 2.53. The van der Waals surface area contributed by atoms with E-state index in [0.29, 0.717) is 0 Å². The van der Waals surface area contributed by atoms with Crippen LogP contribution in [0.25, 0.3) is 10.8 Å². The summed E-state index contributed by atoms with van der Waals surface area (Å²) in [4.78, 5) is 11.9. The number of benzene rings is 2. The molecule has 2 amide bonds. The minimum absolute atomic E-state index is 0.0118. The lowest BCUT2D eigenvalue weighted by atomic mass is 10.00. The van der Waals surface area contributed by atoms with Crippen LogP contribution in [0.2, 0.25) is 0 Å². The molecule has 0 heterocycles. The Hall–Kier alpha value is -2.03. The highest BCUT2D eigenvalue weighted by molar-refractivity contribution is 5.86. The Morgan fingerprint density at radius 3 is 2.67 bits per heavy atom. The summed E-state index contributed by atoms with van der Waals surface area (Å²) in [6, 6.07) is 14.4. The third-order valence-corrected chi connectivity index (χ3v) is 3.70. The molecule has 3 heteroatoms. The molecule has 2 aromatic carbocycles. The number of carbonyl (C=O) groups is 1. The Kier molecular flexibility index (Phi) is 5.61. The molecule has 0 aliphatic heterocycles. The third-order valence-electron chi connectivity index (χ3n) is 3.70. The van der Waals surface area contributed by atoms with Gasteiger partial charge in [-0.25, -0.2) is 4.79 Å². The molecule has 0 unspecified atom stereocenters. The zero-order chi connectivity index (χ0) is 15.1. The number of amides is 2. The Morgan fingerprint density at radius 2 is 1.86 bits per heavy atom. The van der Waals surface area contributed by atoms with Crippen molar-refractivity contribution in [2.24, 2.45) is 0 Å². The maximum atomic E-state index is 11.9. The van der Waals surface area contributed by atoms with Crippen LogP contribution in [0, 0.1) is 0 Å². The SMILES string of the molecule is CCCCCNC(=O)N[C@H](C)c1cccc2ccccc12. The Balaban J connectivity index is 1.99. The van der Waals surface area contributed by atoms with Crippen LogP contribution in [0.15, 0.2) is 42.5 Å². The molecule has 0 radical (unpaired) electrons. The molecule has 0 fully saturated rings. The fraction of sp³-hybridized carbons (Fsp3) is 0.389. The van der Waals surface area contributed by atoms with Gasteiger partial charge in [0.2, 0.25) is 0 Å². The van der Waals surface area contributed by atoms with Crippen molar-refractivity contribution in [3.63, 3.8) is 0 Å². The van der Waals surface area contributed by atoms with Crippen LogP contribution in [-0.4, -0.2) is 12.6 Å². The molecule has 2 N–H and O–H groups in total. The van der Waals surface area contributed by atoms with Crippen molar-refractivity contribution in [1.82, 2.24) is 10.6 Å². The molecule has 21 heavy (non-hydrogen) atoms. The topological polar surface area (TPSA) is 41.1 Å². The van der Waals surface area contributed by atoms with Gasteiger partial charge in [-0.05, 0) is 29.7 Å². The van der Waals surface area contributed by atoms with Crippen molar-refractivity contribution in [3.8, 4) is 0 Å². The normalized spacial score (nSPS) is 12.1. The summed E-state index contributed by atoms with van der Waals surface area (Å²) in [7, 11) is 0. The summed E-state index contributed by atoms with van der Waals surface area (Å²) in [6.07, 6.45) is 3.35. The molecule has 2 rings (SSSR count). The largest absolute Gasteiger partial charge is 0.338 e. The molecule has 0 saturated carbocycles. The Labute approximate surface area is 126 Å². The molecule has 0 aromatic heterocycles. The molecule has 1 atom stereocenters. The second-order valence-corrected chi connectivity index (χ2v) is 5.40. The van der Waals surface area contributed by atoms with E-state index < -0.39 is 0 Å². The van der Waals surface area contributed by atoms with E-state index >= 15 is 0 Å². The van der Waals surface area contributed by atoms with Crippen LogP contribution in [0.3, 0.4) is 0 Å². The van der Waals surface area contributed by atoms with Gasteiger partial charge < -0.3 is 10.6 Å². The summed E-state index contributed by atoms with van der Waals surface area (Å²) in [6.45, 7) is 4.91. The maximum absolute atomic E-state index is 11.9. The lowest BCUT2D eigenvalue weighted by molar-refractivity contribution is 0.238. The molecular formula is C18H24N2O. The fourth-order valence-electron chi connectivity index (χ4n) is 2.53. The van der Waals surface area contributed by atoms with Crippen molar-refractivity contribution in [3.05, 3.63) is 48.0 Å². The number of carbonyl (C=O) groups excluding carboxylic acids is 1. The first-order chi connectivity index (χ1) is 10.2. The van der Waals surface area contributed by atoms with Crippen LogP contribution in [0.5, 0.6) is 0 Å². The quantitative estimate of drug-likeness (QED) is 0.759. The Morgan fingerprint density at radius 1 is 1.10 bits per heavy atom. The van der Waals surface area contributed by atoms with E-state index in [9.17, 15) is 4.79 Å². The number of fused-ring (bicyclic) bond motifs is 1. The first-order valence-electron chi connectivity index (χ1n) is 7.74. The highest BCUT2D eigenvalue weighted by atomic mass is 16.2. The number of rotatable bonds is 6. The second kappa shape index (κ2) is 7.67. The van der Waals surface area contributed by atoms with Crippen molar-refractivity contribution in [2.45, 2.75) is 39.2 Å². The molecule has 0 spiro atoms. The van der Waals surface area contributed by atoms with Gasteiger partial charge in [-0.3, -0.25) is 0 Å². The molecule has 0 bridgehead atoms. The Bertz CT molecular complexity index is 589. The van der Waals surface area contributed by atoms with Crippen molar-refractivity contribution in [2.75, 3.05) is 6.54 Å². The zero-order valence-electron chi connectivity index (χ0n) is 12.9. The van der Waals surface area contributed by atoms with E-state index in [1.807, 2.05) is 25.1 Å². The van der Waals surface area contributed by atoms with E-state index in [-0.39, 0.29) is 12.1 Å². The van der Waals surface area contributed by atoms with Gasteiger partial charge in [0, 0.05) is 6.54 Å². The third kappa shape index (κ3) is 4.22. The highest BCUT2D eigenvalue weighted by Gasteiger charge is 2.11. The van der Waals surface area contributed by atoms with E-state index in [1.165, 1.54) is 10.8 Å². The van der Waals surface area contributed by atoms with Crippen molar-refractivity contribution in [1.29, 1.82) is 0 Å². The summed E-state index contributed by atoms with van der Waals surface area (Å²) < 4.78 is 0. The second-order valence-electron chi connectivity index (χ2n) is 5.40. The van der Waals surface area contributed by atoms with Crippen molar-refractivity contribution >= 4 is 16.8 Å². The number of hydrogen-bond acceptors (Lipinski definition) is 1. The van der Waals surface area contributed by atoms with Crippen LogP contribution in [-0.2, 0) is 0 Å². The predicted molar refractivity (Wildman–Crippen MR) is 88.4 cm³/mol. The molecule has 2 aromatic rings. The van der Waals surface area contributed by atoms with E-state index in [4.69, 9.17) is 0 Å². The zero-order valence-corrected chi connectivity index (χ0v) is 12.9. The molecule has 0 saturated heterocycles. The maximum Gasteiger partial charge on any atom is 0.315 e. The van der Waals surface area contributed by atoms with Gasteiger partial charge in [-0.1, -0.05) is 62.2 Å². The van der Waals surface area contributed by atoms with Crippen LogP contribution in [0.4, 0.5) is 4.79 Å². The molecule has 112 valence electrons. The van der Waals surface area contributed by atoms with Crippen molar-refractivity contribution < 1.29 is 4.79 Å². The van der Waals surface area contributed by atoms with Gasteiger partial charge in [0.1, 0.15) is 0 Å². The summed E-state index contributed by atoms with van der Waals surface area (Å²) in [5.41, 5.74) is 1.15. The minimum atomic E-state index is -0.0912. The van der Waals surface area contributed by atoms with Gasteiger partial charge in [-0.15, -0.1) is 0 Å². The van der Waals surface area contributed by atoms with Gasteiger partial charge >= 0.3 is 6.03 Å². The monoisotopic (exact) mass is 284 g/mol. The standard InChI is InChI=1S/C18H24N2O/c1-3-4-7-13-19-18(21)20-14(2)16-12-8-10-15-9-5-6-11-17(15)16/h5-6,8-12,14H,3-4,7,13H2,1-2H3,(H2,19,20,21)/t14-/m1/s1. The van der Waals surface area contributed by atoms with Crippen LogP contribution < -0.4 is 10.6 Å². The van der Waals surface area contributed by atoms with Crippen LogP contribution >= 0.6 is 0 Å². The predicted octanol–water partition coefficient (Wildman–Crippen LogP) is 4.39. The van der Waals surface area contributed by atoms with Gasteiger partial charge in [0.05, 0.1) is 6.04 Å². The minimum Gasteiger partial charge on any atom is -0.338 e. The molecule has 0 aliphatic rings. The van der Waals surface area contributed by atoms with Gasteiger partial charge in [0.15, 0.2) is 0 Å². The summed E-state index contributed by atoms with van der Waals surface area (Å²) in [5, 5.41) is 8.33. The number of nitrogens with one attached hydrogen (secondary N) is 2. The van der Waals surface area contributed by atoms with Crippen LogP contribution in [0.1, 0.15) is 44.7 Å². The first kappa shape index (κ1) is 15.4. The molecular weight excluding hydrogens is 260 g/mol. The van der Waals surface area contributed by atoms with E-state index in [0.717, 1.165) is 31.4 Å². The van der Waals surface area contributed by atoms with Gasteiger partial charge in [0.25, 0.3) is 0 Å². The van der Waals surface area contributed by atoms with E-state index in [2.05, 4.69) is 41.8 Å². The molecule has 3 nitrogen and oxygen atoms in total. The summed E-state index contributed by atoms with van der Waals surface area (Å²) in [5.74, 6) is 0. The lowest BCUT2D eigenvalue weighted by Crippen LogP contribution is -2.37. The average Bonchev–Trinajstić information content (AvgIpc) is 2.51. The number of hydrogen-bond donors (Lipinski definition) is 2. The smallest absolute Gasteiger partial charge is 0.315 e. The van der Waals surface area contributed by atoms with Gasteiger partial charge in [-0.2, -0.15) is 0 Å². The average molecular weight is 284 g/mol. The number of urea groups is 1. The number of unbranched alkanes of at least 4 members (excludes halogenated alkanes) is 2. The summed E-state index contributed by atoms with van der Waals surface area (Å²) >= 11 is 0. The lowest BCUT2D eigenvalue weighted by Gasteiger charge is -2.17. The first-order valence-corrected chi connectivity index (χ1v) is 7.74. The van der Waals surface area contributed by atoms with E-state index in [1.54, 1.807) is 0 Å².